The molecule has 0 aromatic heterocycles. The van der Waals surface area contributed by atoms with Crippen LogP contribution in [0.15, 0.2) is 54.6 Å². The number of ether oxygens (including phenoxy) is 1. The zero-order valence-electron chi connectivity index (χ0n) is 14.8. The molecule has 0 aliphatic carbocycles. The molecule has 0 atom stereocenters. The Kier molecular flexibility index (Phi) is 8.41. The SMILES string of the molecule is Cl.O=C(NCCN1CCNCC1)c1ccc(COc2ccccc2)cc1. The van der Waals surface area contributed by atoms with Gasteiger partial charge in [0.1, 0.15) is 12.4 Å². The molecule has 6 heteroatoms. The molecule has 0 bridgehead atoms. The number of nitrogens with zero attached hydrogens (tertiary/aromatic N) is 1. The first-order valence-corrected chi connectivity index (χ1v) is 8.79. The highest BCUT2D eigenvalue weighted by molar-refractivity contribution is 5.94. The Morgan fingerprint density at radius 3 is 2.42 bits per heavy atom. The summed E-state index contributed by atoms with van der Waals surface area (Å²) < 4.78 is 5.71. The van der Waals surface area contributed by atoms with Crippen LogP contribution < -0.4 is 15.4 Å². The Bertz CT molecular complexity index is 659. The zero-order valence-corrected chi connectivity index (χ0v) is 15.6. The van der Waals surface area contributed by atoms with E-state index < -0.39 is 0 Å². The van der Waals surface area contributed by atoms with Crippen molar-refractivity contribution in [3.63, 3.8) is 0 Å². The van der Waals surface area contributed by atoms with Crippen molar-refractivity contribution in [1.29, 1.82) is 0 Å². The van der Waals surface area contributed by atoms with Crippen molar-refractivity contribution in [2.24, 2.45) is 0 Å². The minimum Gasteiger partial charge on any atom is -0.489 e. The van der Waals surface area contributed by atoms with E-state index in [-0.39, 0.29) is 18.3 Å². The minimum atomic E-state index is -0.0225. The Hall–Kier alpha value is -2.08. The molecule has 0 spiro atoms. The van der Waals surface area contributed by atoms with Gasteiger partial charge in [0.15, 0.2) is 0 Å². The first-order chi connectivity index (χ1) is 12.3. The number of carbonyl (C=O) groups is 1. The van der Waals surface area contributed by atoms with Gasteiger partial charge in [-0.1, -0.05) is 30.3 Å². The van der Waals surface area contributed by atoms with Crippen LogP contribution in [-0.4, -0.2) is 50.1 Å². The highest BCUT2D eigenvalue weighted by Gasteiger charge is 2.10. The van der Waals surface area contributed by atoms with E-state index in [0.717, 1.165) is 44.0 Å². The Morgan fingerprint density at radius 2 is 1.73 bits per heavy atom. The molecule has 1 heterocycles. The molecule has 0 unspecified atom stereocenters. The van der Waals surface area contributed by atoms with E-state index in [0.29, 0.717) is 18.7 Å². The van der Waals surface area contributed by atoms with Crippen LogP contribution in [0, 0.1) is 0 Å². The van der Waals surface area contributed by atoms with Crippen LogP contribution in [0.25, 0.3) is 0 Å². The van der Waals surface area contributed by atoms with Crippen LogP contribution in [0.4, 0.5) is 0 Å². The maximum absolute atomic E-state index is 12.2. The summed E-state index contributed by atoms with van der Waals surface area (Å²) in [5, 5.41) is 6.32. The van der Waals surface area contributed by atoms with Crippen molar-refractivity contribution >= 4 is 18.3 Å². The zero-order chi connectivity index (χ0) is 17.3. The molecule has 0 saturated carbocycles. The summed E-state index contributed by atoms with van der Waals surface area (Å²) in [5.74, 6) is 0.822. The van der Waals surface area contributed by atoms with Gasteiger partial charge in [-0.25, -0.2) is 0 Å². The lowest BCUT2D eigenvalue weighted by Gasteiger charge is -2.27. The van der Waals surface area contributed by atoms with Crippen LogP contribution in [0.3, 0.4) is 0 Å². The largest absolute Gasteiger partial charge is 0.489 e. The lowest BCUT2D eigenvalue weighted by molar-refractivity contribution is 0.0947. The standard InChI is InChI=1S/C20H25N3O2.ClH/c24-20(22-12-15-23-13-10-21-11-14-23)18-8-6-17(7-9-18)16-25-19-4-2-1-3-5-19;/h1-9,21H,10-16H2,(H,22,24);1H. The minimum absolute atomic E-state index is 0. The third-order valence-corrected chi connectivity index (χ3v) is 4.29. The van der Waals surface area contributed by atoms with Gasteiger partial charge in [-0.15, -0.1) is 12.4 Å². The van der Waals surface area contributed by atoms with E-state index in [4.69, 9.17) is 4.74 Å². The number of piperazine rings is 1. The highest BCUT2D eigenvalue weighted by atomic mass is 35.5. The van der Waals surface area contributed by atoms with Crippen LogP contribution in [-0.2, 0) is 6.61 Å². The topological polar surface area (TPSA) is 53.6 Å². The number of halogens is 1. The summed E-state index contributed by atoms with van der Waals surface area (Å²) >= 11 is 0. The third-order valence-electron chi connectivity index (χ3n) is 4.29. The number of amides is 1. The molecule has 1 amide bonds. The first-order valence-electron chi connectivity index (χ1n) is 8.79. The number of para-hydroxylation sites is 1. The molecule has 1 aliphatic rings. The lowest BCUT2D eigenvalue weighted by atomic mass is 10.1. The smallest absolute Gasteiger partial charge is 0.251 e. The average molecular weight is 376 g/mol. The van der Waals surface area contributed by atoms with Crippen molar-refractivity contribution < 1.29 is 9.53 Å². The van der Waals surface area contributed by atoms with Crippen LogP contribution >= 0.6 is 12.4 Å². The van der Waals surface area contributed by atoms with Crippen LogP contribution in [0.5, 0.6) is 5.75 Å². The summed E-state index contributed by atoms with van der Waals surface area (Å²) in [6, 6.07) is 17.3. The van der Waals surface area contributed by atoms with Gasteiger partial charge in [0.2, 0.25) is 0 Å². The molecule has 0 radical (unpaired) electrons. The second kappa shape index (κ2) is 10.8. The molecule has 1 saturated heterocycles. The van der Waals surface area contributed by atoms with Gasteiger partial charge in [-0.05, 0) is 29.8 Å². The molecular formula is C20H26ClN3O2. The summed E-state index contributed by atoms with van der Waals surface area (Å²) in [5.41, 5.74) is 1.73. The molecule has 2 aromatic carbocycles. The molecule has 5 nitrogen and oxygen atoms in total. The predicted molar refractivity (Wildman–Crippen MR) is 106 cm³/mol. The fourth-order valence-corrected chi connectivity index (χ4v) is 2.80. The van der Waals surface area contributed by atoms with Crippen molar-refractivity contribution in [3.05, 3.63) is 65.7 Å². The van der Waals surface area contributed by atoms with Gasteiger partial charge in [-0.3, -0.25) is 9.69 Å². The van der Waals surface area contributed by atoms with E-state index in [1.165, 1.54) is 0 Å². The van der Waals surface area contributed by atoms with Gasteiger partial charge < -0.3 is 15.4 Å². The summed E-state index contributed by atoms with van der Waals surface area (Å²) in [6.07, 6.45) is 0. The number of carbonyl (C=O) groups excluding carboxylic acids is 1. The monoisotopic (exact) mass is 375 g/mol. The van der Waals surface area contributed by atoms with Crippen molar-refractivity contribution in [1.82, 2.24) is 15.5 Å². The van der Waals surface area contributed by atoms with E-state index in [9.17, 15) is 4.79 Å². The number of hydrogen-bond acceptors (Lipinski definition) is 4. The first kappa shape index (κ1) is 20.2. The van der Waals surface area contributed by atoms with E-state index in [1.54, 1.807) is 0 Å². The Labute approximate surface area is 161 Å². The highest BCUT2D eigenvalue weighted by Crippen LogP contribution is 2.12. The summed E-state index contributed by atoms with van der Waals surface area (Å²) in [4.78, 5) is 14.6. The second-order valence-electron chi connectivity index (χ2n) is 6.15. The van der Waals surface area contributed by atoms with Crippen molar-refractivity contribution in [2.75, 3.05) is 39.3 Å². The van der Waals surface area contributed by atoms with Gasteiger partial charge in [0, 0.05) is 44.8 Å². The number of nitrogens with one attached hydrogen (secondary N) is 2. The van der Waals surface area contributed by atoms with E-state index in [1.807, 2.05) is 54.6 Å². The van der Waals surface area contributed by atoms with Crippen LogP contribution in [0.1, 0.15) is 15.9 Å². The van der Waals surface area contributed by atoms with Crippen molar-refractivity contribution in [3.8, 4) is 5.75 Å². The Morgan fingerprint density at radius 1 is 1.04 bits per heavy atom. The molecule has 2 N–H and O–H groups in total. The number of rotatable bonds is 7. The van der Waals surface area contributed by atoms with Gasteiger partial charge in [-0.2, -0.15) is 0 Å². The number of benzene rings is 2. The maximum atomic E-state index is 12.2. The molecule has 3 rings (SSSR count). The van der Waals surface area contributed by atoms with Crippen LogP contribution in [0.2, 0.25) is 0 Å². The molecule has 26 heavy (non-hydrogen) atoms. The molecule has 1 aliphatic heterocycles. The molecule has 2 aromatic rings. The molecule has 1 fully saturated rings. The fraction of sp³-hybridized carbons (Fsp3) is 0.350. The summed E-state index contributed by atoms with van der Waals surface area (Å²) in [6.45, 7) is 6.22. The molecule has 140 valence electrons. The van der Waals surface area contributed by atoms with Gasteiger partial charge in [0.05, 0.1) is 0 Å². The second-order valence-corrected chi connectivity index (χ2v) is 6.15. The summed E-state index contributed by atoms with van der Waals surface area (Å²) in [7, 11) is 0. The third kappa shape index (κ3) is 6.33. The average Bonchev–Trinajstić information content (AvgIpc) is 2.68. The quantitative estimate of drug-likeness (QED) is 0.779. The van der Waals surface area contributed by atoms with Gasteiger partial charge >= 0.3 is 0 Å². The number of hydrogen-bond donors (Lipinski definition) is 2. The van der Waals surface area contributed by atoms with E-state index in [2.05, 4.69) is 15.5 Å². The van der Waals surface area contributed by atoms with Crippen molar-refractivity contribution in [2.45, 2.75) is 6.61 Å². The lowest BCUT2D eigenvalue weighted by Crippen LogP contribution is -2.46. The fourth-order valence-electron chi connectivity index (χ4n) is 2.80. The normalized spacial score (nSPS) is 14.3. The van der Waals surface area contributed by atoms with E-state index >= 15 is 0 Å². The van der Waals surface area contributed by atoms with Gasteiger partial charge in [0.25, 0.3) is 5.91 Å². The predicted octanol–water partition coefficient (Wildman–Crippen LogP) is 2.32. The molecular weight excluding hydrogens is 350 g/mol. The maximum Gasteiger partial charge on any atom is 0.251 e. The Balaban J connectivity index is 0.00000243.